The van der Waals surface area contributed by atoms with Crippen LogP contribution in [0.1, 0.15) is 51.4 Å². The van der Waals surface area contributed by atoms with Gasteiger partial charge in [-0.15, -0.1) is 0 Å². The fraction of sp³-hybridized carbons (Fsp3) is 0.733. The van der Waals surface area contributed by atoms with Gasteiger partial charge in [0.05, 0.1) is 22.3 Å². The molecule has 0 aliphatic carbocycles. The zero-order valence-electron chi connectivity index (χ0n) is 13.3. The van der Waals surface area contributed by atoms with E-state index in [1.54, 1.807) is 6.92 Å². The highest BCUT2D eigenvalue weighted by atomic mass is 35.5. The number of carboxylic acid groups (broad SMARTS) is 1. The Morgan fingerprint density at radius 3 is 2.67 bits per heavy atom. The van der Waals surface area contributed by atoms with E-state index in [1.165, 1.54) is 0 Å². The summed E-state index contributed by atoms with van der Waals surface area (Å²) >= 11 is 6.27. The molecule has 1 rings (SSSR count). The molecule has 0 radical (unpaired) electrons. The molecule has 2 N–H and O–H groups in total. The van der Waals surface area contributed by atoms with Crippen molar-refractivity contribution in [3.8, 4) is 0 Å². The zero-order chi connectivity index (χ0) is 16.0. The zero-order valence-corrected chi connectivity index (χ0v) is 14.1. The maximum atomic E-state index is 10.8. The third-order valence-electron chi connectivity index (χ3n) is 3.77. The molecule has 0 spiro atoms. The van der Waals surface area contributed by atoms with Crippen LogP contribution in [0.25, 0.3) is 0 Å². The molecule has 2 atom stereocenters. The fourth-order valence-corrected chi connectivity index (χ4v) is 2.47. The summed E-state index contributed by atoms with van der Waals surface area (Å²) in [4.78, 5) is 10.8. The van der Waals surface area contributed by atoms with Gasteiger partial charge in [0.1, 0.15) is 0 Å². The average Bonchev–Trinajstić information content (AvgIpc) is 2.71. The van der Waals surface area contributed by atoms with Gasteiger partial charge < -0.3 is 10.4 Å². The number of halogens is 1. The van der Waals surface area contributed by atoms with Gasteiger partial charge in [-0.05, 0) is 33.6 Å². The molecule has 120 valence electrons. The molecule has 21 heavy (non-hydrogen) atoms. The van der Waals surface area contributed by atoms with Gasteiger partial charge in [0.2, 0.25) is 0 Å². The molecular formula is C15H26ClN3O2. The van der Waals surface area contributed by atoms with E-state index in [2.05, 4.69) is 17.3 Å². The van der Waals surface area contributed by atoms with E-state index >= 15 is 0 Å². The van der Waals surface area contributed by atoms with E-state index in [1.807, 2.05) is 18.5 Å². The predicted molar refractivity (Wildman–Crippen MR) is 84.6 cm³/mol. The minimum Gasteiger partial charge on any atom is -0.481 e. The Balaban J connectivity index is 2.40. The second kappa shape index (κ2) is 8.39. The maximum Gasteiger partial charge on any atom is 0.306 e. The first-order valence-corrected chi connectivity index (χ1v) is 7.92. The molecule has 1 aromatic heterocycles. The number of carboxylic acids is 1. The Kier molecular flexibility index (Phi) is 7.18. The first-order chi connectivity index (χ1) is 9.86. The van der Waals surface area contributed by atoms with E-state index < -0.39 is 5.97 Å². The van der Waals surface area contributed by atoms with Gasteiger partial charge in [0.25, 0.3) is 0 Å². The standard InChI is InChI=1S/C15H26ClN3O2/c1-5-19-13(14(16)12(4)18-19)9-17-11(3)8-6-7-10(2)15(20)21/h10-11,17H,5-9H2,1-4H3,(H,20,21). The van der Waals surface area contributed by atoms with Crippen molar-refractivity contribution in [2.45, 2.75) is 66.1 Å². The van der Waals surface area contributed by atoms with Gasteiger partial charge in [-0.1, -0.05) is 24.9 Å². The largest absolute Gasteiger partial charge is 0.481 e. The first kappa shape index (κ1) is 18.0. The van der Waals surface area contributed by atoms with Crippen LogP contribution in [0.5, 0.6) is 0 Å². The van der Waals surface area contributed by atoms with Crippen LogP contribution in [0, 0.1) is 12.8 Å². The molecule has 0 bridgehead atoms. The number of aliphatic carboxylic acids is 1. The van der Waals surface area contributed by atoms with Crippen molar-refractivity contribution in [2.24, 2.45) is 5.92 Å². The van der Waals surface area contributed by atoms with Gasteiger partial charge in [0, 0.05) is 19.1 Å². The molecular weight excluding hydrogens is 290 g/mol. The third kappa shape index (κ3) is 5.32. The van der Waals surface area contributed by atoms with Crippen LogP contribution in [-0.2, 0) is 17.9 Å². The first-order valence-electron chi connectivity index (χ1n) is 7.54. The van der Waals surface area contributed by atoms with Crippen LogP contribution < -0.4 is 5.32 Å². The van der Waals surface area contributed by atoms with Gasteiger partial charge in [-0.3, -0.25) is 9.48 Å². The molecule has 0 amide bonds. The highest BCUT2D eigenvalue weighted by Crippen LogP contribution is 2.20. The van der Waals surface area contributed by atoms with Crippen molar-refractivity contribution in [1.29, 1.82) is 0 Å². The van der Waals surface area contributed by atoms with Gasteiger partial charge in [-0.2, -0.15) is 5.10 Å². The monoisotopic (exact) mass is 315 g/mol. The van der Waals surface area contributed by atoms with Crippen LogP contribution in [0.4, 0.5) is 0 Å². The number of carbonyl (C=O) groups is 1. The Hall–Kier alpha value is -1.07. The lowest BCUT2D eigenvalue weighted by atomic mass is 10.0. The van der Waals surface area contributed by atoms with Crippen molar-refractivity contribution in [3.05, 3.63) is 16.4 Å². The van der Waals surface area contributed by atoms with Crippen molar-refractivity contribution in [2.75, 3.05) is 0 Å². The average molecular weight is 316 g/mol. The summed E-state index contributed by atoms with van der Waals surface area (Å²) in [6.07, 6.45) is 2.57. The molecule has 0 saturated heterocycles. The minimum absolute atomic E-state index is 0.268. The minimum atomic E-state index is -0.718. The number of rotatable bonds is 9. The number of nitrogens with one attached hydrogen (secondary N) is 1. The Labute approximate surface area is 131 Å². The van der Waals surface area contributed by atoms with E-state index in [0.29, 0.717) is 19.0 Å². The molecule has 0 aliphatic rings. The molecule has 1 aromatic rings. The Morgan fingerprint density at radius 2 is 2.10 bits per heavy atom. The molecule has 1 heterocycles. The van der Waals surface area contributed by atoms with E-state index in [0.717, 1.165) is 35.8 Å². The van der Waals surface area contributed by atoms with Gasteiger partial charge in [-0.25, -0.2) is 0 Å². The Bertz CT molecular complexity index is 474. The molecule has 0 fully saturated rings. The summed E-state index contributed by atoms with van der Waals surface area (Å²) in [5, 5.41) is 17.4. The quantitative estimate of drug-likeness (QED) is 0.734. The molecule has 0 saturated carbocycles. The normalized spacial score (nSPS) is 14.1. The summed E-state index contributed by atoms with van der Waals surface area (Å²) in [5.74, 6) is -0.986. The van der Waals surface area contributed by atoms with Gasteiger partial charge >= 0.3 is 5.97 Å². The van der Waals surface area contributed by atoms with Crippen LogP contribution in [0.2, 0.25) is 5.02 Å². The van der Waals surface area contributed by atoms with Crippen molar-refractivity contribution >= 4 is 17.6 Å². The molecule has 5 nitrogen and oxygen atoms in total. The topological polar surface area (TPSA) is 67.2 Å². The van der Waals surface area contributed by atoms with Crippen molar-refractivity contribution in [3.63, 3.8) is 0 Å². The highest BCUT2D eigenvalue weighted by molar-refractivity contribution is 6.31. The number of aromatic nitrogens is 2. The van der Waals surface area contributed by atoms with Crippen LogP contribution in [0.3, 0.4) is 0 Å². The Morgan fingerprint density at radius 1 is 1.43 bits per heavy atom. The van der Waals surface area contributed by atoms with Crippen molar-refractivity contribution < 1.29 is 9.90 Å². The van der Waals surface area contributed by atoms with E-state index in [9.17, 15) is 4.79 Å². The van der Waals surface area contributed by atoms with E-state index in [-0.39, 0.29) is 5.92 Å². The van der Waals surface area contributed by atoms with Gasteiger partial charge in [0.15, 0.2) is 0 Å². The van der Waals surface area contributed by atoms with Crippen molar-refractivity contribution in [1.82, 2.24) is 15.1 Å². The second-order valence-corrected chi connectivity index (χ2v) is 5.99. The maximum absolute atomic E-state index is 10.8. The summed E-state index contributed by atoms with van der Waals surface area (Å²) in [6.45, 7) is 9.30. The summed E-state index contributed by atoms with van der Waals surface area (Å²) in [5.41, 5.74) is 1.88. The predicted octanol–water partition coefficient (Wildman–Crippen LogP) is 3.23. The number of hydrogen-bond acceptors (Lipinski definition) is 3. The lowest BCUT2D eigenvalue weighted by molar-refractivity contribution is -0.141. The van der Waals surface area contributed by atoms with Crippen LogP contribution >= 0.6 is 11.6 Å². The molecule has 0 aromatic carbocycles. The fourth-order valence-electron chi connectivity index (χ4n) is 2.26. The smallest absolute Gasteiger partial charge is 0.306 e. The third-order valence-corrected chi connectivity index (χ3v) is 4.26. The van der Waals surface area contributed by atoms with Crippen LogP contribution in [0.15, 0.2) is 0 Å². The molecule has 0 aliphatic heterocycles. The second-order valence-electron chi connectivity index (χ2n) is 5.61. The summed E-state index contributed by atoms with van der Waals surface area (Å²) in [7, 11) is 0. The SMILES string of the molecule is CCn1nc(C)c(Cl)c1CNC(C)CCCC(C)C(=O)O. The molecule has 6 heteroatoms. The number of hydrogen-bond donors (Lipinski definition) is 2. The number of aryl methyl sites for hydroxylation is 2. The van der Waals surface area contributed by atoms with Crippen LogP contribution in [-0.4, -0.2) is 26.9 Å². The molecule has 2 unspecified atom stereocenters. The highest BCUT2D eigenvalue weighted by Gasteiger charge is 2.14. The summed E-state index contributed by atoms with van der Waals surface area (Å²) in [6, 6.07) is 0.322. The van der Waals surface area contributed by atoms with E-state index in [4.69, 9.17) is 16.7 Å². The lowest BCUT2D eigenvalue weighted by Gasteiger charge is -2.15. The lowest BCUT2D eigenvalue weighted by Crippen LogP contribution is -2.27. The summed E-state index contributed by atoms with van der Waals surface area (Å²) < 4.78 is 1.92. The number of nitrogens with zero attached hydrogens (tertiary/aromatic N) is 2.